The molecule has 2 aliphatic heterocycles. The van der Waals surface area contributed by atoms with E-state index in [-0.39, 0.29) is 30.3 Å². The summed E-state index contributed by atoms with van der Waals surface area (Å²) >= 11 is 0. The molecule has 1 atom stereocenters. The van der Waals surface area contributed by atoms with E-state index in [1.54, 1.807) is 11.1 Å². The Morgan fingerprint density at radius 2 is 1.89 bits per heavy atom. The highest BCUT2D eigenvalue weighted by molar-refractivity contribution is 5.68. The van der Waals surface area contributed by atoms with Crippen LogP contribution >= 0.6 is 0 Å². The second kappa shape index (κ2) is 8.71. The molecule has 2 aromatic rings. The molecule has 0 N–H and O–H groups in total. The molecule has 1 aliphatic carbocycles. The number of alkyl halides is 2. The Morgan fingerprint density at radius 3 is 2.51 bits per heavy atom. The van der Waals surface area contributed by atoms with E-state index in [1.807, 2.05) is 36.5 Å². The van der Waals surface area contributed by atoms with Crippen LogP contribution in [-0.2, 0) is 17.1 Å². The molecule has 1 unspecified atom stereocenters. The van der Waals surface area contributed by atoms with E-state index in [1.165, 1.54) is 0 Å². The van der Waals surface area contributed by atoms with Crippen LogP contribution in [0.5, 0.6) is 0 Å². The number of fused-ring (bicyclic) bond motifs is 1. The van der Waals surface area contributed by atoms with Crippen molar-refractivity contribution in [2.24, 2.45) is 0 Å². The van der Waals surface area contributed by atoms with E-state index in [0.717, 1.165) is 31.4 Å². The number of halogens is 2. The van der Waals surface area contributed by atoms with E-state index < -0.39 is 11.5 Å². The summed E-state index contributed by atoms with van der Waals surface area (Å²) in [5, 5.41) is 4.57. The van der Waals surface area contributed by atoms with E-state index in [9.17, 15) is 13.6 Å². The van der Waals surface area contributed by atoms with Crippen LogP contribution in [0.25, 0.3) is 11.3 Å². The number of aromatic nitrogens is 4. The molecule has 1 amide bonds. The quantitative estimate of drug-likeness (QED) is 0.609. The fraction of sp³-hybridized carbons (Fsp3) is 0.680. The van der Waals surface area contributed by atoms with Gasteiger partial charge >= 0.3 is 6.09 Å². The molecule has 2 fully saturated rings. The zero-order valence-corrected chi connectivity index (χ0v) is 20.9. The average Bonchev–Trinajstić information content (AvgIpc) is 3.27. The van der Waals surface area contributed by atoms with Crippen LogP contribution < -0.4 is 4.90 Å². The fourth-order valence-corrected chi connectivity index (χ4v) is 5.10. The van der Waals surface area contributed by atoms with Gasteiger partial charge in [0.1, 0.15) is 11.3 Å². The summed E-state index contributed by atoms with van der Waals surface area (Å²) in [6.07, 6.45) is 6.60. The van der Waals surface area contributed by atoms with E-state index >= 15 is 0 Å². The largest absolute Gasteiger partial charge is 0.444 e. The predicted molar refractivity (Wildman–Crippen MR) is 128 cm³/mol. The number of likely N-dealkylation sites (tertiary alicyclic amines) is 1. The molecular weight excluding hydrogens is 454 g/mol. The first-order valence-electron chi connectivity index (χ1n) is 12.6. The lowest BCUT2D eigenvalue weighted by molar-refractivity contribution is -0.0263. The number of ether oxygens (including phenoxy) is 1. The van der Waals surface area contributed by atoms with Crippen LogP contribution in [0.3, 0.4) is 0 Å². The first-order chi connectivity index (χ1) is 16.5. The van der Waals surface area contributed by atoms with Gasteiger partial charge in [0.15, 0.2) is 0 Å². The van der Waals surface area contributed by atoms with Crippen molar-refractivity contribution in [3.8, 4) is 11.3 Å². The molecular formula is C25H34F2N6O2. The monoisotopic (exact) mass is 488 g/mol. The molecule has 0 bridgehead atoms. The van der Waals surface area contributed by atoms with Crippen LogP contribution in [0.4, 0.5) is 19.5 Å². The van der Waals surface area contributed by atoms with Crippen LogP contribution in [0.1, 0.15) is 77.1 Å². The van der Waals surface area contributed by atoms with Crippen LogP contribution in [0.15, 0.2) is 12.4 Å². The zero-order valence-electron chi connectivity index (χ0n) is 20.9. The van der Waals surface area contributed by atoms with Crippen LogP contribution in [0.2, 0.25) is 0 Å². The molecule has 3 aliphatic rings. The number of piperidine rings is 1. The fourth-order valence-electron chi connectivity index (χ4n) is 5.10. The molecule has 35 heavy (non-hydrogen) atoms. The number of hydrogen-bond donors (Lipinski definition) is 0. The average molecular weight is 489 g/mol. The summed E-state index contributed by atoms with van der Waals surface area (Å²) in [6, 6.07) is 0.368. The van der Waals surface area contributed by atoms with Crippen molar-refractivity contribution < 1.29 is 18.3 Å². The van der Waals surface area contributed by atoms with Gasteiger partial charge in [-0.15, -0.1) is 0 Å². The first-order valence-corrected chi connectivity index (χ1v) is 12.6. The van der Waals surface area contributed by atoms with Gasteiger partial charge in [0.2, 0.25) is 5.95 Å². The number of rotatable bonds is 3. The molecule has 0 aromatic carbocycles. The lowest BCUT2D eigenvalue weighted by Crippen LogP contribution is -2.47. The van der Waals surface area contributed by atoms with Gasteiger partial charge in [0, 0.05) is 49.4 Å². The van der Waals surface area contributed by atoms with Crippen molar-refractivity contribution in [2.45, 2.75) is 89.8 Å². The molecule has 0 saturated carbocycles. The van der Waals surface area contributed by atoms with Crippen molar-refractivity contribution >= 4 is 12.0 Å². The van der Waals surface area contributed by atoms with Crippen molar-refractivity contribution in [3.05, 3.63) is 23.7 Å². The maximum Gasteiger partial charge on any atom is 0.410 e. The van der Waals surface area contributed by atoms with Gasteiger partial charge in [-0.05, 0) is 59.8 Å². The van der Waals surface area contributed by atoms with Crippen molar-refractivity contribution in [2.75, 3.05) is 24.5 Å². The number of hydrogen-bond acceptors (Lipinski definition) is 6. The Morgan fingerprint density at radius 1 is 1.14 bits per heavy atom. The summed E-state index contributed by atoms with van der Waals surface area (Å²) in [4.78, 5) is 25.2. The highest BCUT2D eigenvalue weighted by atomic mass is 19.3. The van der Waals surface area contributed by atoms with Crippen molar-refractivity contribution in [1.82, 2.24) is 24.6 Å². The molecule has 2 saturated heterocycles. The zero-order chi connectivity index (χ0) is 25.0. The van der Waals surface area contributed by atoms with Gasteiger partial charge in [0.05, 0.1) is 17.9 Å². The van der Waals surface area contributed by atoms with Gasteiger partial charge < -0.3 is 14.5 Å². The molecule has 10 heteroatoms. The first kappa shape index (κ1) is 23.9. The topological polar surface area (TPSA) is 76.4 Å². The predicted octanol–water partition coefficient (Wildman–Crippen LogP) is 4.94. The van der Waals surface area contributed by atoms with Crippen LogP contribution in [0, 0.1) is 0 Å². The summed E-state index contributed by atoms with van der Waals surface area (Å²) in [5.74, 6) is -2.56. The minimum Gasteiger partial charge on any atom is -0.444 e. The van der Waals surface area contributed by atoms with Gasteiger partial charge in [0.25, 0.3) is 5.92 Å². The number of carbonyl (C=O) groups excluding carboxylic acids is 1. The second-order valence-corrected chi connectivity index (χ2v) is 11.0. The molecule has 4 heterocycles. The molecule has 8 nitrogen and oxygen atoms in total. The lowest BCUT2D eigenvalue weighted by atomic mass is 9.90. The summed E-state index contributed by atoms with van der Waals surface area (Å²) in [7, 11) is 0. The van der Waals surface area contributed by atoms with Crippen molar-refractivity contribution in [3.63, 3.8) is 0 Å². The molecule has 5 rings (SSSR count). The maximum atomic E-state index is 14.9. The van der Waals surface area contributed by atoms with Gasteiger partial charge in [-0.3, -0.25) is 4.68 Å². The SMILES string of the molecule is CC1CCN1c1nc(-c2cnn(C3CCN(C(=O)OC(C)(C)C)CC3)c2)c2c(n1)C(F)(F)CCC2. The Balaban J connectivity index is 1.38. The van der Waals surface area contributed by atoms with E-state index in [2.05, 4.69) is 17.0 Å². The highest BCUT2D eigenvalue weighted by Crippen LogP contribution is 2.43. The van der Waals surface area contributed by atoms with Gasteiger partial charge in [-0.1, -0.05) is 0 Å². The molecule has 0 radical (unpaired) electrons. The minimum absolute atomic E-state index is 0.122. The standard InChI is InChI=1S/C25H34F2N6O2/c1-16-7-13-32(16)22-29-20(19-6-5-10-25(26,27)21(19)30-22)17-14-28-33(15-17)18-8-11-31(12-9-18)23(34)35-24(2,3)4/h14-16,18H,5-13H2,1-4H3. The van der Waals surface area contributed by atoms with Crippen molar-refractivity contribution in [1.29, 1.82) is 0 Å². The smallest absolute Gasteiger partial charge is 0.410 e. The number of carbonyl (C=O) groups is 1. The Labute approximate surface area is 204 Å². The summed E-state index contributed by atoms with van der Waals surface area (Å²) in [5.41, 5.74) is 1.20. The Hall–Kier alpha value is -2.78. The molecule has 2 aromatic heterocycles. The Bertz CT molecular complexity index is 1100. The highest BCUT2D eigenvalue weighted by Gasteiger charge is 2.42. The number of nitrogens with zero attached hydrogens (tertiary/aromatic N) is 6. The normalized spacial score (nSPS) is 22.5. The van der Waals surface area contributed by atoms with E-state index in [0.29, 0.717) is 43.1 Å². The number of anilines is 1. The van der Waals surface area contributed by atoms with Gasteiger partial charge in [-0.25, -0.2) is 14.8 Å². The van der Waals surface area contributed by atoms with Gasteiger partial charge in [-0.2, -0.15) is 13.9 Å². The Kier molecular flexibility index (Phi) is 5.96. The maximum absolute atomic E-state index is 14.9. The summed E-state index contributed by atoms with van der Waals surface area (Å²) < 4.78 is 37.1. The third-order valence-electron chi connectivity index (χ3n) is 7.20. The van der Waals surface area contributed by atoms with E-state index in [4.69, 9.17) is 9.72 Å². The van der Waals surface area contributed by atoms with Crippen LogP contribution in [-0.4, -0.2) is 62.0 Å². The second-order valence-electron chi connectivity index (χ2n) is 11.0. The third-order valence-corrected chi connectivity index (χ3v) is 7.20. The molecule has 190 valence electrons. The molecule has 0 spiro atoms. The minimum atomic E-state index is -2.95. The summed E-state index contributed by atoms with van der Waals surface area (Å²) in [6.45, 7) is 9.59. The number of amides is 1. The lowest BCUT2D eigenvalue weighted by Gasteiger charge is -2.39. The third kappa shape index (κ3) is 4.71.